The van der Waals surface area contributed by atoms with E-state index in [0.29, 0.717) is 36.8 Å². The first-order chi connectivity index (χ1) is 11.0. The zero-order chi connectivity index (χ0) is 16.6. The van der Waals surface area contributed by atoms with E-state index in [2.05, 4.69) is 5.10 Å². The number of nitrogens with two attached hydrogens (primary N) is 1. The molecule has 1 amide bonds. The normalized spacial score (nSPS) is 17.0. The fourth-order valence-corrected chi connectivity index (χ4v) is 2.88. The third-order valence-corrected chi connectivity index (χ3v) is 4.21. The van der Waals surface area contributed by atoms with Crippen LogP contribution in [-0.4, -0.2) is 45.3 Å². The molecule has 24 heavy (non-hydrogen) atoms. The zero-order valence-corrected chi connectivity index (χ0v) is 14.1. The minimum Gasteiger partial charge on any atom is -0.504 e. The van der Waals surface area contributed by atoms with Gasteiger partial charge in [0.1, 0.15) is 5.82 Å². The van der Waals surface area contributed by atoms with Crippen LogP contribution in [0.15, 0.2) is 24.4 Å². The van der Waals surface area contributed by atoms with E-state index in [1.54, 1.807) is 17.9 Å². The molecule has 0 spiro atoms. The SMILES string of the molecule is Cc1cc(F)ccc1-n1cc(O)c(C(=O)N2CCC(CN)C2)n1.Cl. The number of aryl methyl sites for hydroxylation is 1. The van der Waals surface area contributed by atoms with Gasteiger partial charge in [-0.25, -0.2) is 9.07 Å². The topological polar surface area (TPSA) is 84.4 Å². The Bertz CT molecular complexity index is 750. The van der Waals surface area contributed by atoms with Gasteiger partial charge in [0.15, 0.2) is 11.4 Å². The van der Waals surface area contributed by atoms with Crippen LogP contribution in [0, 0.1) is 18.7 Å². The summed E-state index contributed by atoms with van der Waals surface area (Å²) in [5.41, 5.74) is 6.92. The lowest BCUT2D eigenvalue weighted by Gasteiger charge is -2.14. The molecule has 3 rings (SSSR count). The molecule has 3 N–H and O–H groups in total. The van der Waals surface area contributed by atoms with E-state index < -0.39 is 0 Å². The lowest BCUT2D eigenvalue weighted by Crippen LogP contribution is -2.30. The summed E-state index contributed by atoms with van der Waals surface area (Å²) in [7, 11) is 0. The molecule has 6 nitrogen and oxygen atoms in total. The summed E-state index contributed by atoms with van der Waals surface area (Å²) in [6.45, 7) is 3.48. The molecule has 8 heteroatoms. The van der Waals surface area contributed by atoms with Crippen LogP contribution >= 0.6 is 12.4 Å². The van der Waals surface area contributed by atoms with E-state index in [9.17, 15) is 14.3 Å². The van der Waals surface area contributed by atoms with E-state index in [0.717, 1.165) is 6.42 Å². The zero-order valence-electron chi connectivity index (χ0n) is 13.3. The molecule has 0 aliphatic carbocycles. The van der Waals surface area contributed by atoms with Gasteiger partial charge in [0.25, 0.3) is 5.91 Å². The Hall–Kier alpha value is -2.12. The van der Waals surface area contributed by atoms with Crippen molar-refractivity contribution in [1.82, 2.24) is 14.7 Å². The molecule has 0 bridgehead atoms. The average Bonchev–Trinajstić information content (AvgIpc) is 3.13. The molecule has 2 heterocycles. The number of hydrogen-bond donors (Lipinski definition) is 2. The van der Waals surface area contributed by atoms with Crippen molar-refractivity contribution >= 4 is 18.3 Å². The van der Waals surface area contributed by atoms with Gasteiger partial charge in [0, 0.05) is 13.1 Å². The Kier molecular flexibility index (Phi) is 5.46. The van der Waals surface area contributed by atoms with Crippen molar-refractivity contribution in [2.45, 2.75) is 13.3 Å². The predicted octanol–water partition coefficient (Wildman–Crippen LogP) is 1.87. The maximum Gasteiger partial charge on any atom is 0.278 e. The van der Waals surface area contributed by atoms with Gasteiger partial charge < -0.3 is 15.7 Å². The van der Waals surface area contributed by atoms with E-state index in [1.165, 1.54) is 23.0 Å². The van der Waals surface area contributed by atoms with Crippen molar-refractivity contribution < 1.29 is 14.3 Å². The third-order valence-electron chi connectivity index (χ3n) is 4.21. The molecule has 0 saturated carbocycles. The Labute approximate surface area is 145 Å². The summed E-state index contributed by atoms with van der Waals surface area (Å²) in [4.78, 5) is 14.2. The summed E-state index contributed by atoms with van der Waals surface area (Å²) < 4.78 is 14.6. The highest BCUT2D eigenvalue weighted by Gasteiger charge is 2.29. The largest absolute Gasteiger partial charge is 0.504 e. The molecular weight excluding hydrogens is 335 g/mol. The summed E-state index contributed by atoms with van der Waals surface area (Å²) >= 11 is 0. The molecule has 1 aliphatic heterocycles. The van der Waals surface area contributed by atoms with Crippen molar-refractivity contribution in [1.29, 1.82) is 0 Å². The molecular formula is C16H20ClFN4O2. The van der Waals surface area contributed by atoms with Gasteiger partial charge in [-0.3, -0.25) is 4.79 Å². The quantitative estimate of drug-likeness (QED) is 0.881. The minimum absolute atomic E-state index is 0. The highest BCUT2D eigenvalue weighted by atomic mass is 35.5. The van der Waals surface area contributed by atoms with Gasteiger partial charge >= 0.3 is 0 Å². The van der Waals surface area contributed by atoms with E-state index >= 15 is 0 Å². The second-order valence-corrected chi connectivity index (χ2v) is 5.88. The number of nitrogens with zero attached hydrogens (tertiary/aromatic N) is 3. The van der Waals surface area contributed by atoms with Crippen LogP contribution in [0.2, 0.25) is 0 Å². The Balaban J connectivity index is 0.00000208. The van der Waals surface area contributed by atoms with Crippen molar-refractivity contribution in [2.24, 2.45) is 11.7 Å². The Morgan fingerprint density at radius 1 is 1.50 bits per heavy atom. The second kappa shape index (κ2) is 7.19. The smallest absolute Gasteiger partial charge is 0.278 e. The van der Waals surface area contributed by atoms with Gasteiger partial charge in [-0.15, -0.1) is 12.4 Å². The van der Waals surface area contributed by atoms with Crippen molar-refractivity contribution in [3.8, 4) is 11.4 Å². The molecule has 1 aliphatic rings. The van der Waals surface area contributed by atoms with E-state index in [-0.39, 0.29) is 35.6 Å². The molecule has 130 valence electrons. The number of carbonyl (C=O) groups excluding carboxylic acids is 1. The maximum atomic E-state index is 13.2. The van der Waals surface area contributed by atoms with Crippen LogP contribution in [0.3, 0.4) is 0 Å². The fourth-order valence-electron chi connectivity index (χ4n) is 2.88. The lowest BCUT2D eigenvalue weighted by atomic mass is 10.1. The van der Waals surface area contributed by atoms with Crippen LogP contribution in [0.25, 0.3) is 5.69 Å². The molecule has 1 fully saturated rings. The fraction of sp³-hybridized carbons (Fsp3) is 0.375. The van der Waals surface area contributed by atoms with Crippen molar-refractivity contribution in [3.63, 3.8) is 0 Å². The van der Waals surface area contributed by atoms with E-state index in [4.69, 9.17) is 5.73 Å². The van der Waals surface area contributed by atoms with Crippen LogP contribution in [-0.2, 0) is 0 Å². The number of rotatable bonds is 3. The van der Waals surface area contributed by atoms with Gasteiger partial charge in [-0.2, -0.15) is 5.10 Å². The Morgan fingerprint density at radius 3 is 2.88 bits per heavy atom. The first-order valence-electron chi connectivity index (χ1n) is 7.54. The first kappa shape index (κ1) is 18.2. The van der Waals surface area contributed by atoms with Crippen LogP contribution in [0.5, 0.6) is 5.75 Å². The van der Waals surface area contributed by atoms with Crippen LogP contribution in [0.1, 0.15) is 22.5 Å². The first-order valence-corrected chi connectivity index (χ1v) is 7.54. The van der Waals surface area contributed by atoms with Crippen molar-refractivity contribution in [2.75, 3.05) is 19.6 Å². The Morgan fingerprint density at radius 2 is 2.25 bits per heavy atom. The number of amides is 1. The number of carbonyl (C=O) groups is 1. The van der Waals surface area contributed by atoms with Crippen LogP contribution < -0.4 is 5.73 Å². The number of aromatic nitrogens is 2. The molecule has 2 aromatic rings. The van der Waals surface area contributed by atoms with Crippen LogP contribution in [0.4, 0.5) is 4.39 Å². The summed E-state index contributed by atoms with van der Waals surface area (Å²) in [6.07, 6.45) is 2.23. The summed E-state index contributed by atoms with van der Waals surface area (Å²) in [5.74, 6) is -0.543. The highest BCUT2D eigenvalue weighted by Crippen LogP contribution is 2.24. The van der Waals surface area contributed by atoms with Gasteiger partial charge in [-0.1, -0.05) is 0 Å². The number of benzene rings is 1. The van der Waals surface area contributed by atoms with Gasteiger partial charge in [-0.05, 0) is 49.6 Å². The molecule has 1 atom stereocenters. The van der Waals surface area contributed by atoms with Crippen molar-refractivity contribution in [3.05, 3.63) is 41.5 Å². The van der Waals surface area contributed by atoms with Gasteiger partial charge in [0.05, 0.1) is 11.9 Å². The third kappa shape index (κ3) is 3.37. The lowest BCUT2D eigenvalue weighted by molar-refractivity contribution is 0.0778. The molecule has 1 aromatic heterocycles. The number of halogens is 2. The van der Waals surface area contributed by atoms with Gasteiger partial charge in [0.2, 0.25) is 0 Å². The second-order valence-electron chi connectivity index (χ2n) is 5.88. The highest BCUT2D eigenvalue weighted by molar-refractivity contribution is 5.95. The maximum absolute atomic E-state index is 13.2. The van der Waals surface area contributed by atoms with E-state index in [1.807, 2.05) is 0 Å². The number of hydrogen-bond acceptors (Lipinski definition) is 4. The molecule has 1 unspecified atom stereocenters. The molecule has 1 saturated heterocycles. The predicted molar refractivity (Wildman–Crippen MR) is 90.2 cm³/mol. The molecule has 1 aromatic carbocycles. The number of aromatic hydroxyl groups is 1. The molecule has 0 radical (unpaired) electrons. The minimum atomic E-state index is -0.344. The average molecular weight is 355 g/mol. The summed E-state index contributed by atoms with van der Waals surface area (Å²) in [6, 6.07) is 4.25. The number of likely N-dealkylation sites (tertiary alicyclic amines) is 1. The standard InChI is InChI=1S/C16H19FN4O2.ClH/c1-10-6-12(17)2-3-13(10)21-9-14(22)15(19-21)16(23)20-5-4-11(7-18)8-20;/h2-3,6,9,11,22H,4-5,7-8,18H2,1H3;1H. The monoisotopic (exact) mass is 354 g/mol. The summed E-state index contributed by atoms with van der Waals surface area (Å²) in [5, 5.41) is 14.3.